The van der Waals surface area contributed by atoms with Crippen molar-refractivity contribution in [1.29, 1.82) is 0 Å². The molecule has 0 bridgehead atoms. The van der Waals surface area contributed by atoms with E-state index in [0.717, 1.165) is 0 Å². The Bertz CT molecular complexity index is 831. The van der Waals surface area contributed by atoms with Crippen molar-refractivity contribution in [3.8, 4) is 0 Å². The summed E-state index contributed by atoms with van der Waals surface area (Å²) in [5, 5.41) is 1.59. The second-order valence-electron chi connectivity index (χ2n) is 7.47. The highest BCUT2D eigenvalue weighted by Crippen LogP contribution is 2.34. The number of ether oxygens (including phenoxy) is 1. The average Bonchev–Trinajstić information content (AvgIpc) is 2.72. The number of nitrogens with zero attached hydrogens (tertiary/aromatic N) is 1. The topological polar surface area (TPSA) is 98.5 Å². The molecule has 1 aromatic carbocycles. The molecule has 3 N–H and O–H groups in total. The highest BCUT2D eigenvalue weighted by atomic mass is 19.4. The van der Waals surface area contributed by atoms with Gasteiger partial charge in [-0.1, -0.05) is 30.3 Å². The minimum atomic E-state index is -5.15. The molecule has 1 saturated heterocycles. The Kier molecular flexibility index (Phi) is 7.88. The highest BCUT2D eigenvalue weighted by Gasteiger charge is 2.53. The number of halogens is 6. The Hall–Kier alpha value is -2.67. The molecule has 32 heavy (non-hydrogen) atoms. The van der Waals surface area contributed by atoms with Gasteiger partial charge in [0.05, 0.1) is 0 Å². The Morgan fingerprint density at radius 3 is 2.25 bits per heavy atom. The summed E-state index contributed by atoms with van der Waals surface area (Å²) in [5.74, 6) is 0.383. The highest BCUT2D eigenvalue weighted by molar-refractivity contribution is 5.86. The Labute approximate surface area is 179 Å². The number of piperidine rings is 1. The third-order valence-corrected chi connectivity index (χ3v) is 5.27. The zero-order chi connectivity index (χ0) is 24.2. The lowest BCUT2D eigenvalue weighted by atomic mass is 9.85. The van der Waals surface area contributed by atoms with Gasteiger partial charge >= 0.3 is 24.4 Å². The average molecular weight is 470 g/mol. The number of quaternary nitrogens is 1. The zero-order valence-electron chi connectivity index (χ0n) is 16.7. The maximum atomic E-state index is 12.8. The van der Waals surface area contributed by atoms with E-state index in [1.165, 1.54) is 0 Å². The standard InChI is InChI=1S/C19H21F6N3O4/c20-18(21,22)15(29)13-7-9-28(26,17(31)32-11-12-4-2-1-3-5-12)14(10-13)6-8-27-16(30)19(23,24)25/h1-5,13-14H,6-11,26H2/p+1. The van der Waals surface area contributed by atoms with Crippen molar-refractivity contribution in [2.75, 3.05) is 13.1 Å². The molecule has 1 aliphatic rings. The number of Topliss-reactive ketones (excluding diaryl/α,β-unsaturated/α-hetero) is 1. The molecule has 7 nitrogen and oxygen atoms in total. The minimum absolute atomic E-state index is 0.181. The molecule has 1 aliphatic heterocycles. The van der Waals surface area contributed by atoms with Crippen molar-refractivity contribution >= 4 is 17.8 Å². The van der Waals surface area contributed by atoms with E-state index in [0.29, 0.717) is 5.56 Å². The van der Waals surface area contributed by atoms with Crippen LogP contribution >= 0.6 is 0 Å². The number of carbonyl (C=O) groups excluding carboxylic acids is 3. The first-order valence-electron chi connectivity index (χ1n) is 9.58. The molecule has 3 atom stereocenters. The molecule has 0 saturated carbocycles. The van der Waals surface area contributed by atoms with Crippen LogP contribution in [0.25, 0.3) is 0 Å². The van der Waals surface area contributed by atoms with E-state index in [9.17, 15) is 40.7 Å². The van der Waals surface area contributed by atoms with Crippen molar-refractivity contribution in [3.05, 3.63) is 35.9 Å². The first-order valence-corrected chi connectivity index (χ1v) is 9.58. The quantitative estimate of drug-likeness (QED) is 0.288. The van der Waals surface area contributed by atoms with Crippen molar-refractivity contribution in [2.24, 2.45) is 11.8 Å². The van der Waals surface area contributed by atoms with Crippen LogP contribution in [0, 0.1) is 5.92 Å². The predicted octanol–water partition coefficient (Wildman–Crippen LogP) is 2.99. The van der Waals surface area contributed by atoms with E-state index in [1.807, 2.05) is 0 Å². The van der Waals surface area contributed by atoms with Crippen LogP contribution in [0.2, 0.25) is 0 Å². The number of likely N-dealkylation sites (tertiary alicyclic amines) is 1. The summed E-state index contributed by atoms with van der Waals surface area (Å²) < 4.78 is 79.8. The van der Waals surface area contributed by atoms with Crippen LogP contribution < -0.4 is 11.2 Å². The van der Waals surface area contributed by atoms with Crippen LogP contribution in [0.4, 0.5) is 31.1 Å². The van der Waals surface area contributed by atoms with Crippen LogP contribution in [-0.2, 0) is 20.9 Å². The molecule has 3 unspecified atom stereocenters. The van der Waals surface area contributed by atoms with Gasteiger partial charge in [-0.25, -0.2) is 0 Å². The summed E-state index contributed by atoms with van der Waals surface area (Å²) >= 11 is 0. The monoisotopic (exact) mass is 470 g/mol. The maximum Gasteiger partial charge on any atom is 0.536 e. The van der Waals surface area contributed by atoms with Gasteiger partial charge in [-0.2, -0.15) is 37.0 Å². The van der Waals surface area contributed by atoms with Crippen LogP contribution in [-0.4, -0.2) is 53.9 Å². The third kappa shape index (κ3) is 6.42. The summed E-state index contributed by atoms with van der Waals surface area (Å²) in [4.78, 5) is 35.3. The summed E-state index contributed by atoms with van der Waals surface area (Å²) in [6.45, 7) is -1.18. The van der Waals surface area contributed by atoms with E-state index in [4.69, 9.17) is 10.6 Å². The molecule has 0 aromatic heterocycles. The molecular formula is C19H22F6N3O4+. The molecule has 13 heteroatoms. The van der Waals surface area contributed by atoms with Gasteiger partial charge in [0.15, 0.2) is 0 Å². The fraction of sp³-hybridized carbons (Fsp3) is 0.526. The molecular weight excluding hydrogens is 448 g/mol. The van der Waals surface area contributed by atoms with Crippen molar-refractivity contribution in [2.45, 2.75) is 44.3 Å². The number of rotatable bonds is 6. The molecule has 2 amide bonds. The number of alkyl halides is 6. The number of nitrogens with two attached hydrogens (primary N) is 1. The largest absolute Gasteiger partial charge is 0.536 e. The maximum absolute atomic E-state index is 12.8. The molecule has 1 heterocycles. The summed E-state index contributed by atoms with van der Waals surface area (Å²) in [6, 6.07) is 7.25. The smallest absolute Gasteiger partial charge is 0.414 e. The molecule has 1 fully saturated rings. The molecule has 0 aliphatic carbocycles. The lowest BCUT2D eigenvalue weighted by Gasteiger charge is -2.41. The van der Waals surface area contributed by atoms with Crippen molar-refractivity contribution < 1.29 is 50.1 Å². The lowest BCUT2D eigenvalue weighted by molar-refractivity contribution is -0.901. The van der Waals surface area contributed by atoms with Gasteiger partial charge in [-0.05, 0) is 5.56 Å². The van der Waals surface area contributed by atoms with Gasteiger partial charge in [-0.3, -0.25) is 9.59 Å². The van der Waals surface area contributed by atoms with E-state index < -0.39 is 66.2 Å². The second kappa shape index (κ2) is 9.86. The molecule has 178 valence electrons. The summed E-state index contributed by atoms with van der Waals surface area (Å²) in [6.07, 6.45) is -12.5. The Balaban J connectivity index is 2.13. The first-order chi connectivity index (χ1) is 14.7. The third-order valence-electron chi connectivity index (χ3n) is 5.27. The number of amides is 2. The number of hydrogen-bond acceptors (Lipinski definition) is 5. The molecule has 0 radical (unpaired) electrons. The van der Waals surface area contributed by atoms with E-state index in [2.05, 4.69) is 0 Å². The van der Waals surface area contributed by atoms with Gasteiger partial charge in [0.1, 0.15) is 19.2 Å². The van der Waals surface area contributed by atoms with Crippen LogP contribution in [0.1, 0.15) is 24.8 Å². The number of benzene rings is 1. The number of carbonyl (C=O) groups is 3. The van der Waals surface area contributed by atoms with Gasteiger partial charge in [0, 0.05) is 31.7 Å². The second-order valence-corrected chi connectivity index (χ2v) is 7.47. The minimum Gasteiger partial charge on any atom is -0.414 e. The molecule has 0 spiro atoms. The van der Waals surface area contributed by atoms with E-state index in [-0.39, 0.29) is 19.4 Å². The van der Waals surface area contributed by atoms with Crippen LogP contribution in [0.5, 0.6) is 0 Å². The molecule has 1 aromatic rings. The SMILES string of the molecule is N[N+]1(C(=O)OCc2ccccc2)CCC(C(=O)C(F)(F)F)CC1CCNC(=O)C(F)(F)F. The number of nitrogens with one attached hydrogen (secondary N) is 1. The van der Waals surface area contributed by atoms with E-state index in [1.54, 1.807) is 35.6 Å². The molecule has 2 rings (SSSR count). The van der Waals surface area contributed by atoms with Crippen molar-refractivity contribution in [3.63, 3.8) is 0 Å². The lowest BCUT2D eigenvalue weighted by Crippen LogP contribution is -2.68. The van der Waals surface area contributed by atoms with Crippen molar-refractivity contribution in [1.82, 2.24) is 5.32 Å². The number of ketones is 1. The fourth-order valence-electron chi connectivity index (χ4n) is 3.54. The first kappa shape index (κ1) is 25.6. The van der Waals surface area contributed by atoms with Gasteiger partial charge in [0.2, 0.25) is 5.78 Å². The predicted molar refractivity (Wildman–Crippen MR) is 97.2 cm³/mol. The number of hydrogen-bond donors (Lipinski definition) is 2. The zero-order valence-corrected chi connectivity index (χ0v) is 16.7. The van der Waals surface area contributed by atoms with Gasteiger partial charge in [0.25, 0.3) is 0 Å². The summed E-state index contributed by atoms with van der Waals surface area (Å²) in [5.41, 5.74) is 0.614. The summed E-state index contributed by atoms with van der Waals surface area (Å²) in [7, 11) is 0. The fourth-order valence-corrected chi connectivity index (χ4v) is 3.54. The normalized spacial score (nSPS) is 24.0. The van der Waals surface area contributed by atoms with Crippen LogP contribution in [0.3, 0.4) is 0 Å². The van der Waals surface area contributed by atoms with E-state index >= 15 is 0 Å². The van der Waals surface area contributed by atoms with Gasteiger partial charge < -0.3 is 10.1 Å². The van der Waals surface area contributed by atoms with Gasteiger partial charge in [-0.15, -0.1) is 4.59 Å². The van der Waals surface area contributed by atoms with Crippen LogP contribution in [0.15, 0.2) is 30.3 Å². The Morgan fingerprint density at radius 1 is 1.06 bits per heavy atom. The Morgan fingerprint density at radius 2 is 1.69 bits per heavy atom.